The van der Waals surface area contributed by atoms with Crippen molar-refractivity contribution in [2.24, 2.45) is 0 Å². The Bertz CT molecular complexity index is 1020. The van der Waals surface area contributed by atoms with E-state index in [1.54, 1.807) is 0 Å². The number of hydrogen-bond acceptors (Lipinski definition) is 5. The number of benzene rings is 2. The van der Waals surface area contributed by atoms with Gasteiger partial charge in [0.05, 0.1) is 18.5 Å². The molecule has 0 radical (unpaired) electrons. The van der Waals surface area contributed by atoms with Gasteiger partial charge in [-0.3, -0.25) is 9.36 Å². The van der Waals surface area contributed by atoms with Crippen LogP contribution in [-0.4, -0.2) is 57.1 Å². The maximum absolute atomic E-state index is 12.7. The minimum absolute atomic E-state index is 0.0698. The number of hydrogen-bond donors (Lipinski definition) is 0. The van der Waals surface area contributed by atoms with Crippen molar-refractivity contribution in [1.82, 2.24) is 19.7 Å². The lowest BCUT2D eigenvalue weighted by Crippen LogP contribution is -2.45. The SMILES string of the molecule is Cc1ccc(-n2c(SCC(=O)N3CCOC(C)C3)nnc2-c2ccc(Cl)cc2)cc1. The average Bonchev–Trinajstić information content (AvgIpc) is 3.17. The predicted octanol–water partition coefficient (Wildman–Crippen LogP) is 4.24. The van der Waals surface area contributed by atoms with E-state index < -0.39 is 0 Å². The van der Waals surface area contributed by atoms with E-state index in [2.05, 4.69) is 22.3 Å². The molecule has 1 amide bonds. The number of thioether (sulfide) groups is 1. The Labute approximate surface area is 185 Å². The Hall–Kier alpha value is -2.35. The van der Waals surface area contributed by atoms with E-state index in [1.165, 1.54) is 17.3 Å². The third kappa shape index (κ3) is 4.69. The topological polar surface area (TPSA) is 60.2 Å². The van der Waals surface area contributed by atoms with Gasteiger partial charge in [0.15, 0.2) is 11.0 Å². The van der Waals surface area contributed by atoms with Gasteiger partial charge in [-0.15, -0.1) is 10.2 Å². The summed E-state index contributed by atoms with van der Waals surface area (Å²) < 4.78 is 7.52. The summed E-state index contributed by atoms with van der Waals surface area (Å²) in [6.45, 7) is 5.87. The van der Waals surface area contributed by atoms with Crippen LogP contribution >= 0.6 is 23.4 Å². The lowest BCUT2D eigenvalue weighted by molar-refractivity contribution is -0.135. The summed E-state index contributed by atoms with van der Waals surface area (Å²) >= 11 is 7.45. The molecule has 0 saturated carbocycles. The quantitative estimate of drug-likeness (QED) is 0.553. The van der Waals surface area contributed by atoms with Crippen LogP contribution in [0.4, 0.5) is 0 Å². The second kappa shape index (κ2) is 9.20. The van der Waals surface area contributed by atoms with Gasteiger partial charge in [0.2, 0.25) is 5.91 Å². The molecule has 1 aliphatic heterocycles. The van der Waals surface area contributed by atoms with Gasteiger partial charge in [-0.25, -0.2) is 0 Å². The number of carbonyl (C=O) groups is 1. The first-order valence-electron chi connectivity index (χ1n) is 9.82. The zero-order valence-corrected chi connectivity index (χ0v) is 18.5. The number of aromatic nitrogens is 3. The van der Waals surface area contributed by atoms with Crippen LogP contribution in [0.2, 0.25) is 5.02 Å². The summed E-state index contributed by atoms with van der Waals surface area (Å²) in [6, 6.07) is 15.7. The predicted molar refractivity (Wildman–Crippen MR) is 119 cm³/mol. The minimum Gasteiger partial charge on any atom is -0.375 e. The fourth-order valence-electron chi connectivity index (χ4n) is 3.34. The van der Waals surface area contributed by atoms with Crippen molar-refractivity contribution in [1.29, 1.82) is 0 Å². The molecule has 8 heteroatoms. The molecule has 1 atom stereocenters. The average molecular weight is 443 g/mol. The summed E-state index contributed by atoms with van der Waals surface area (Å²) in [4.78, 5) is 14.6. The van der Waals surface area contributed by atoms with E-state index in [-0.39, 0.29) is 12.0 Å². The second-order valence-corrected chi connectivity index (χ2v) is 8.67. The molecule has 1 aromatic heterocycles. The summed E-state index contributed by atoms with van der Waals surface area (Å²) in [5.74, 6) is 1.10. The number of amides is 1. The number of morpholine rings is 1. The molecule has 0 bridgehead atoms. The molecule has 4 rings (SSSR count). The largest absolute Gasteiger partial charge is 0.375 e. The van der Waals surface area contributed by atoms with Crippen LogP contribution in [-0.2, 0) is 9.53 Å². The van der Waals surface area contributed by atoms with Crippen molar-refractivity contribution in [2.75, 3.05) is 25.4 Å². The van der Waals surface area contributed by atoms with Gasteiger partial charge in [-0.2, -0.15) is 0 Å². The van der Waals surface area contributed by atoms with Crippen LogP contribution in [0.25, 0.3) is 17.1 Å². The Morgan fingerprint density at radius 1 is 1.17 bits per heavy atom. The zero-order valence-electron chi connectivity index (χ0n) is 16.9. The van der Waals surface area contributed by atoms with Gasteiger partial charge in [0.25, 0.3) is 0 Å². The molecule has 2 aromatic carbocycles. The molecule has 3 aromatic rings. The van der Waals surface area contributed by atoms with Crippen molar-refractivity contribution in [3.8, 4) is 17.1 Å². The lowest BCUT2D eigenvalue weighted by atomic mass is 10.2. The van der Waals surface area contributed by atoms with Gasteiger partial charge in [-0.05, 0) is 50.2 Å². The normalized spacial score (nSPS) is 16.6. The van der Waals surface area contributed by atoms with E-state index in [9.17, 15) is 4.79 Å². The molecule has 2 heterocycles. The van der Waals surface area contributed by atoms with E-state index in [1.807, 2.05) is 59.7 Å². The van der Waals surface area contributed by atoms with E-state index in [0.29, 0.717) is 41.5 Å². The third-order valence-corrected chi connectivity index (χ3v) is 6.11. The van der Waals surface area contributed by atoms with Crippen LogP contribution in [0, 0.1) is 6.92 Å². The molecule has 6 nitrogen and oxygen atoms in total. The minimum atomic E-state index is 0.0698. The molecule has 0 N–H and O–H groups in total. The van der Waals surface area contributed by atoms with Crippen LogP contribution in [0.3, 0.4) is 0 Å². The summed E-state index contributed by atoms with van der Waals surface area (Å²) in [5.41, 5.74) is 3.03. The number of ether oxygens (including phenoxy) is 1. The lowest BCUT2D eigenvalue weighted by Gasteiger charge is -2.31. The highest BCUT2D eigenvalue weighted by atomic mass is 35.5. The molecule has 0 aliphatic carbocycles. The molecule has 0 spiro atoms. The summed E-state index contributed by atoms with van der Waals surface area (Å²) in [7, 11) is 0. The highest BCUT2D eigenvalue weighted by Gasteiger charge is 2.23. The highest BCUT2D eigenvalue weighted by Crippen LogP contribution is 2.29. The smallest absolute Gasteiger partial charge is 0.233 e. The molecule has 156 valence electrons. The molecule has 1 unspecified atom stereocenters. The molecule has 1 aliphatic rings. The Morgan fingerprint density at radius 2 is 1.90 bits per heavy atom. The maximum atomic E-state index is 12.7. The highest BCUT2D eigenvalue weighted by molar-refractivity contribution is 7.99. The van der Waals surface area contributed by atoms with Gasteiger partial charge in [-0.1, -0.05) is 41.1 Å². The van der Waals surface area contributed by atoms with Gasteiger partial charge in [0, 0.05) is 29.4 Å². The Balaban J connectivity index is 1.61. The van der Waals surface area contributed by atoms with Crippen molar-refractivity contribution < 1.29 is 9.53 Å². The van der Waals surface area contributed by atoms with Crippen LogP contribution < -0.4 is 0 Å². The molecular weight excluding hydrogens is 420 g/mol. The van der Waals surface area contributed by atoms with E-state index >= 15 is 0 Å². The van der Waals surface area contributed by atoms with Gasteiger partial charge in [0.1, 0.15) is 0 Å². The van der Waals surface area contributed by atoms with Crippen LogP contribution in [0.5, 0.6) is 0 Å². The van der Waals surface area contributed by atoms with Gasteiger partial charge >= 0.3 is 0 Å². The fraction of sp³-hybridized carbons (Fsp3) is 0.318. The molecular formula is C22H23ClN4O2S. The third-order valence-electron chi connectivity index (χ3n) is 4.95. The number of halogens is 1. The first kappa shape index (κ1) is 20.9. The Kier molecular flexibility index (Phi) is 6.41. The first-order valence-corrected chi connectivity index (χ1v) is 11.2. The zero-order chi connectivity index (χ0) is 21.1. The van der Waals surface area contributed by atoms with Gasteiger partial charge < -0.3 is 9.64 Å². The number of rotatable bonds is 5. The summed E-state index contributed by atoms with van der Waals surface area (Å²) in [6.07, 6.45) is 0.0698. The molecule has 1 fully saturated rings. The first-order chi connectivity index (χ1) is 14.5. The van der Waals surface area contributed by atoms with Crippen molar-refractivity contribution in [2.45, 2.75) is 25.1 Å². The number of nitrogens with zero attached hydrogens (tertiary/aromatic N) is 4. The number of aryl methyl sites for hydroxylation is 1. The van der Waals surface area contributed by atoms with E-state index in [4.69, 9.17) is 16.3 Å². The molecule has 30 heavy (non-hydrogen) atoms. The molecule has 1 saturated heterocycles. The maximum Gasteiger partial charge on any atom is 0.233 e. The monoisotopic (exact) mass is 442 g/mol. The standard InChI is InChI=1S/C22H23ClN4O2S/c1-15-3-9-19(10-4-15)27-21(17-5-7-18(23)8-6-17)24-25-22(27)30-14-20(28)26-11-12-29-16(2)13-26/h3-10,16H,11-14H2,1-2H3. The number of carbonyl (C=O) groups excluding carboxylic acids is 1. The fourth-order valence-corrected chi connectivity index (χ4v) is 4.32. The van der Waals surface area contributed by atoms with E-state index in [0.717, 1.165) is 11.3 Å². The van der Waals surface area contributed by atoms with Crippen molar-refractivity contribution in [3.05, 3.63) is 59.1 Å². The Morgan fingerprint density at radius 3 is 2.60 bits per heavy atom. The summed E-state index contributed by atoms with van der Waals surface area (Å²) in [5, 5.41) is 10.2. The van der Waals surface area contributed by atoms with Crippen LogP contribution in [0.15, 0.2) is 53.7 Å². The van der Waals surface area contributed by atoms with Crippen molar-refractivity contribution in [3.63, 3.8) is 0 Å². The van der Waals surface area contributed by atoms with Crippen molar-refractivity contribution >= 4 is 29.3 Å². The second-order valence-electron chi connectivity index (χ2n) is 7.29. The van der Waals surface area contributed by atoms with Crippen LogP contribution in [0.1, 0.15) is 12.5 Å².